The second-order valence-electron chi connectivity index (χ2n) is 6.33. The van der Waals surface area contributed by atoms with Gasteiger partial charge < -0.3 is 4.98 Å². The molecule has 0 atom stereocenters. The van der Waals surface area contributed by atoms with E-state index < -0.39 is 0 Å². The summed E-state index contributed by atoms with van der Waals surface area (Å²) in [5.74, 6) is 0.295. The molecule has 2 aromatic rings. The predicted octanol–water partition coefficient (Wildman–Crippen LogP) is 5.71. The third-order valence-electron chi connectivity index (χ3n) is 4.29. The Hall–Kier alpha value is -1.83. The molecular weight excluding hydrogens is 282 g/mol. The lowest BCUT2D eigenvalue weighted by molar-refractivity contribution is 0.0978. The lowest BCUT2D eigenvalue weighted by Gasteiger charge is -2.04. The number of aromatic nitrogens is 1. The SMILES string of the molecule is CCCCCC(=O)c1cc(CCCC)[nH]c1Cc1ccccc1. The van der Waals surface area contributed by atoms with Crippen molar-refractivity contribution in [2.75, 3.05) is 0 Å². The van der Waals surface area contributed by atoms with Gasteiger partial charge in [0.2, 0.25) is 0 Å². The van der Waals surface area contributed by atoms with Crippen molar-refractivity contribution >= 4 is 5.78 Å². The number of unbranched alkanes of at least 4 members (excludes halogenated alkanes) is 3. The van der Waals surface area contributed by atoms with Crippen LogP contribution >= 0.6 is 0 Å². The number of Topliss-reactive ketones (excluding diaryl/α,β-unsaturated/α-hetero) is 1. The first kappa shape index (κ1) is 17.5. The van der Waals surface area contributed by atoms with Gasteiger partial charge >= 0.3 is 0 Å². The molecule has 0 aliphatic heterocycles. The van der Waals surface area contributed by atoms with Crippen LogP contribution < -0.4 is 0 Å². The van der Waals surface area contributed by atoms with Crippen molar-refractivity contribution in [2.45, 2.75) is 65.2 Å². The van der Waals surface area contributed by atoms with E-state index in [1.165, 1.54) is 17.7 Å². The van der Waals surface area contributed by atoms with Crippen LogP contribution in [0.2, 0.25) is 0 Å². The number of aromatic amines is 1. The molecule has 0 radical (unpaired) electrons. The molecule has 1 heterocycles. The zero-order valence-corrected chi connectivity index (χ0v) is 14.5. The van der Waals surface area contributed by atoms with Crippen molar-refractivity contribution in [1.82, 2.24) is 4.98 Å². The summed E-state index contributed by atoms with van der Waals surface area (Å²) in [6.45, 7) is 4.37. The van der Waals surface area contributed by atoms with Gasteiger partial charge in [-0.1, -0.05) is 63.4 Å². The summed E-state index contributed by atoms with van der Waals surface area (Å²) in [4.78, 5) is 16.1. The van der Waals surface area contributed by atoms with Gasteiger partial charge in [0, 0.05) is 29.8 Å². The van der Waals surface area contributed by atoms with Gasteiger partial charge in [0.25, 0.3) is 0 Å². The van der Waals surface area contributed by atoms with Crippen LogP contribution in [0.5, 0.6) is 0 Å². The highest BCUT2D eigenvalue weighted by Gasteiger charge is 2.15. The molecule has 0 saturated heterocycles. The highest BCUT2D eigenvalue weighted by Crippen LogP contribution is 2.20. The van der Waals surface area contributed by atoms with Crippen LogP contribution in [-0.4, -0.2) is 10.8 Å². The number of hydrogen-bond acceptors (Lipinski definition) is 1. The number of aryl methyl sites for hydroxylation is 1. The average molecular weight is 311 g/mol. The largest absolute Gasteiger partial charge is 0.361 e. The van der Waals surface area contributed by atoms with Crippen LogP contribution in [0.25, 0.3) is 0 Å². The molecule has 2 heteroatoms. The molecule has 0 unspecified atom stereocenters. The maximum Gasteiger partial charge on any atom is 0.164 e. The Bertz CT molecular complexity index is 598. The van der Waals surface area contributed by atoms with Gasteiger partial charge in [0.15, 0.2) is 5.78 Å². The number of nitrogens with one attached hydrogen (secondary N) is 1. The summed E-state index contributed by atoms with van der Waals surface area (Å²) >= 11 is 0. The van der Waals surface area contributed by atoms with Gasteiger partial charge in [-0.3, -0.25) is 4.79 Å². The van der Waals surface area contributed by atoms with Crippen LogP contribution in [0.1, 0.15) is 79.7 Å². The maximum atomic E-state index is 12.6. The van der Waals surface area contributed by atoms with E-state index in [0.717, 1.165) is 49.8 Å². The molecule has 2 nitrogen and oxygen atoms in total. The van der Waals surface area contributed by atoms with Gasteiger partial charge in [-0.15, -0.1) is 0 Å². The molecule has 2 rings (SSSR count). The van der Waals surface area contributed by atoms with E-state index in [4.69, 9.17) is 0 Å². The summed E-state index contributed by atoms with van der Waals surface area (Å²) in [5, 5.41) is 0. The number of hydrogen-bond donors (Lipinski definition) is 1. The second kappa shape index (κ2) is 9.34. The van der Waals surface area contributed by atoms with Gasteiger partial charge in [0.1, 0.15) is 0 Å². The monoisotopic (exact) mass is 311 g/mol. The Balaban J connectivity index is 2.16. The summed E-state index contributed by atoms with van der Waals surface area (Å²) in [7, 11) is 0. The van der Waals surface area contributed by atoms with E-state index in [1.807, 2.05) is 6.07 Å². The van der Waals surface area contributed by atoms with Gasteiger partial charge in [-0.25, -0.2) is 0 Å². The van der Waals surface area contributed by atoms with E-state index in [-0.39, 0.29) is 0 Å². The summed E-state index contributed by atoms with van der Waals surface area (Å²) < 4.78 is 0. The minimum Gasteiger partial charge on any atom is -0.361 e. The fourth-order valence-electron chi connectivity index (χ4n) is 2.92. The van der Waals surface area contributed by atoms with Crippen molar-refractivity contribution < 1.29 is 4.79 Å². The van der Waals surface area contributed by atoms with Crippen molar-refractivity contribution in [3.63, 3.8) is 0 Å². The zero-order valence-electron chi connectivity index (χ0n) is 14.5. The smallest absolute Gasteiger partial charge is 0.164 e. The highest BCUT2D eigenvalue weighted by atomic mass is 16.1. The van der Waals surface area contributed by atoms with Gasteiger partial charge in [-0.05, 0) is 30.9 Å². The summed E-state index contributed by atoms with van der Waals surface area (Å²) in [6.07, 6.45) is 8.12. The maximum absolute atomic E-state index is 12.6. The average Bonchev–Trinajstić information content (AvgIpc) is 2.97. The molecule has 1 N–H and O–H groups in total. The van der Waals surface area contributed by atoms with E-state index >= 15 is 0 Å². The summed E-state index contributed by atoms with van der Waals surface area (Å²) in [6, 6.07) is 12.5. The number of rotatable bonds is 10. The molecule has 1 aromatic carbocycles. The molecule has 0 saturated carbocycles. The van der Waals surface area contributed by atoms with Crippen LogP contribution in [0, 0.1) is 0 Å². The number of H-pyrrole nitrogens is 1. The molecule has 0 bridgehead atoms. The molecule has 0 amide bonds. The third kappa shape index (κ3) is 5.38. The van der Waals surface area contributed by atoms with E-state index in [1.54, 1.807) is 0 Å². The Kier molecular flexibility index (Phi) is 7.12. The molecule has 0 aliphatic carbocycles. The molecule has 1 aromatic heterocycles. The lowest BCUT2D eigenvalue weighted by atomic mass is 10.0. The fraction of sp³-hybridized carbons (Fsp3) is 0.476. The highest BCUT2D eigenvalue weighted by molar-refractivity contribution is 5.97. The Morgan fingerprint density at radius 2 is 1.74 bits per heavy atom. The number of benzene rings is 1. The molecule has 0 aliphatic rings. The molecular formula is C21H29NO. The first-order chi connectivity index (χ1) is 11.2. The van der Waals surface area contributed by atoms with Crippen molar-refractivity contribution in [3.05, 3.63) is 58.9 Å². The minimum absolute atomic E-state index is 0.295. The second-order valence-corrected chi connectivity index (χ2v) is 6.33. The number of ketones is 1. The van der Waals surface area contributed by atoms with Crippen LogP contribution in [0.3, 0.4) is 0 Å². The van der Waals surface area contributed by atoms with Crippen LogP contribution in [0.15, 0.2) is 36.4 Å². The van der Waals surface area contributed by atoms with Gasteiger partial charge in [-0.2, -0.15) is 0 Å². The first-order valence-electron chi connectivity index (χ1n) is 9.02. The zero-order chi connectivity index (χ0) is 16.5. The third-order valence-corrected chi connectivity index (χ3v) is 4.29. The topological polar surface area (TPSA) is 32.9 Å². The van der Waals surface area contributed by atoms with Crippen molar-refractivity contribution in [1.29, 1.82) is 0 Å². The fourth-order valence-corrected chi connectivity index (χ4v) is 2.92. The Labute approximate surface area is 140 Å². The Morgan fingerprint density at radius 1 is 1.00 bits per heavy atom. The van der Waals surface area contributed by atoms with Crippen molar-refractivity contribution in [3.8, 4) is 0 Å². The summed E-state index contributed by atoms with van der Waals surface area (Å²) in [5.41, 5.74) is 4.45. The standard InChI is InChI=1S/C21H29NO/c1-3-5-8-14-21(23)19-16-18(13-6-4-2)22-20(19)15-17-11-9-7-10-12-17/h7,9-12,16,22H,3-6,8,13-15H2,1-2H3. The normalized spacial score (nSPS) is 10.9. The number of carbonyl (C=O) groups is 1. The molecule has 23 heavy (non-hydrogen) atoms. The predicted molar refractivity (Wildman–Crippen MR) is 97.1 cm³/mol. The lowest BCUT2D eigenvalue weighted by Crippen LogP contribution is -2.02. The van der Waals surface area contributed by atoms with E-state index in [9.17, 15) is 4.79 Å². The Morgan fingerprint density at radius 3 is 2.43 bits per heavy atom. The van der Waals surface area contributed by atoms with Crippen LogP contribution in [-0.2, 0) is 12.8 Å². The first-order valence-corrected chi connectivity index (χ1v) is 9.02. The van der Waals surface area contributed by atoms with Crippen LogP contribution in [0.4, 0.5) is 0 Å². The minimum atomic E-state index is 0.295. The van der Waals surface area contributed by atoms with Crippen molar-refractivity contribution in [2.24, 2.45) is 0 Å². The molecule has 0 fully saturated rings. The quantitative estimate of drug-likeness (QED) is 0.442. The molecule has 0 spiro atoms. The number of carbonyl (C=O) groups excluding carboxylic acids is 1. The van der Waals surface area contributed by atoms with E-state index in [0.29, 0.717) is 12.2 Å². The van der Waals surface area contributed by atoms with E-state index in [2.05, 4.69) is 49.2 Å². The molecule has 124 valence electrons. The van der Waals surface area contributed by atoms with Gasteiger partial charge in [0.05, 0.1) is 0 Å².